The molecule has 0 bridgehead atoms. The van der Waals surface area contributed by atoms with Crippen molar-refractivity contribution in [1.29, 1.82) is 0 Å². The molecule has 1 aliphatic heterocycles. The second kappa shape index (κ2) is 8.04. The normalized spacial score (nSPS) is 16.1. The molecule has 1 saturated heterocycles. The smallest absolute Gasteiger partial charge is 0.253 e. The Morgan fingerprint density at radius 1 is 1.18 bits per heavy atom. The first-order valence-corrected chi connectivity index (χ1v) is 9.30. The van der Waals surface area contributed by atoms with Crippen LogP contribution in [0.4, 0.5) is 10.2 Å². The van der Waals surface area contributed by atoms with Gasteiger partial charge in [0.25, 0.3) is 5.56 Å². The van der Waals surface area contributed by atoms with E-state index in [2.05, 4.69) is 20.3 Å². The van der Waals surface area contributed by atoms with Gasteiger partial charge in [-0.2, -0.15) is 0 Å². The van der Waals surface area contributed by atoms with E-state index in [1.54, 1.807) is 24.8 Å². The molecule has 1 N–H and O–H groups in total. The van der Waals surface area contributed by atoms with E-state index in [0.29, 0.717) is 30.4 Å². The van der Waals surface area contributed by atoms with Gasteiger partial charge in [-0.25, -0.2) is 19.3 Å². The van der Waals surface area contributed by atoms with Crippen LogP contribution in [0, 0.1) is 20.8 Å². The number of rotatable bonds is 5. The number of nitrogens with one attached hydrogen (secondary N) is 1. The Bertz CT molecular complexity index is 901. The molecule has 0 radical (unpaired) electrons. The van der Waals surface area contributed by atoms with E-state index in [1.807, 2.05) is 6.92 Å². The van der Waals surface area contributed by atoms with Gasteiger partial charge in [0.15, 0.2) is 0 Å². The summed E-state index contributed by atoms with van der Waals surface area (Å²) in [7, 11) is 0. The fourth-order valence-corrected chi connectivity index (χ4v) is 3.27. The summed E-state index contributed by atoms with van der Waals surface area (Å²) < 4.78 is 16.4. The molecular weight excluding hydrogens is 363 g/mol. The molecule has 0 spiro atoms. The third-order valence-electron chi connectivity index (χ3n) is 4.89. The van der Waals surface area contributed by atoms with Gasteiger partial charge in [0.05, 0.1) is 12.9 Å². The zero-order valence-corrected chi connectivity index (χ0v) is 16.4. The molecule has 3 rings (SSSR count). The third kappa shape index (κ3) is 4.90. The molecular formula is C19H25FN6O2. The topological polar surface area (TPSA) is 93.0 Å². The molecule has 1 amide bonds. The molecule has 0 aliphatic carbocycles. The van der Waals surface area contributed by atoms with Crippen LogP contribution in [0.2, 0.25) is 0 Å². The number of carbonyl (C=O) groups excluding carboxylic acids is 1. The minimum absolute atomic E-state index is 0.0802. The van der Waals surface area contributed by atoms with Crippen LogP contribution in [0.3, 0.4) is 0 Å². The van der Waals surface area contributed by atoms with Crippen molar-refractivity contribution in [2.75, 3.05) is 25.0 Å². The number of nitrogens with zero attached hydrogens (tertiary/aromatic N) is 5. The maximum atomic E-state index is 15.1. The number of likely N-dealkylation sites (tertiary alicyclic amines) is 1. The average molecular weight is 388 g/mol. The molecule has 0 saturated carbocycles. The molecule has 2 aromatic rings. The number of piperidine rings is 1. The van der Waals surface area contributed by atoms with Gasteiger partial charge in [-0.15, -0.1) is 0 Å². The van der Waals surface area contributed by atoms with Gasteiger partial charge in [0.1, 0.15) is 23.9 Å². The highest BCUT2D eigenvalue weighted by atomic mass is 19.1. The van der Waals surface area contributed by atoms with Gasteiger partial charge < -0.3 is 10.2 Å². The molecule has 150 valence electrons. The average Bonchev–Trinajstić information content (AvgIpc) is 2.62. The minimum atomic E-state index is -1.41. The second-order valence-electron chi connectivity index (χ2n) is 7.32. The number of alkyl halides is 1. The van der Waals surface area contributed by atoms with E-state index in [4.69, 9.17) is 0 Å². The van der Waals surface area contributed by atoms with Gasteiger partial charge in [-0.05, 0) is 20.8 Å². The Kier molecular flexibility index (Phi) is 5.71. The SMILES string of the molecule is Cc1cc(=O)n(CC(=O)N2CCC(F)(CNc3cc(C)nc(C)n3)CC2)cn1. The lowest BCUT2D eigenvalue weighted by atomic mass is 9.93. The zero-order valence-electron chi connectivity index (χ0n) is 16.4. The lowest BCUT2D eigenvalue weighted by molar-refractivity contribution is -0.134. The molecule has 8 nitrogen and oxygen atoms in total. The van der Waals surface area contributed by atoms with E-state index in [9.17, 15) is 9.59 Å². The maximum Gasteiger partial charge on any atom is 0.253 e. The molecule has 1 fully saturated rings. The minimum Gasteiger partial charge on any atom is -0.367 e. The standard InChI is InChI=1S/C19H25FN6O2/c1-13-9-17(27)26(12-22-13)10-18(28)25-6-4-19(20,5-7-25)11-21-16-8-14(2)23-15(3)24-16/h8-9,12H,4-7,10-11H2,1-3H3,(H,21,23,24). The lowest BCUT2D eigenvalue weighted by Crippen LogP contribution is -2.48. The van der Waals surface area contributed by atoms with Crippen LogP contribution in [0.15, 0.2) is 23.3 Å². The second-order valence-corrected chi connectivity index (χ2v) is 7.32. The van der Waals surface area contributed by atoms with Crippen molar-refractivity contribution in [3.8, 4) is 0 Å². The number of aromatic nitrogens is 4. The molecule has 1 aliphatic rings. The van der Waals surface area contributed by atoms with Crippen LogP contribution >= 0.6 is 0 Å². The first-order valence-electron chi connectivity index (χ1n) is 9.30. The van der Waals surface area contributed by atoms with E-state index in [-0.39, 0.29) is 37.4 Å². The predicted molar refractivity (Wildman–Crippen MR) is 103 cm³/mol. The number of hydrogen-bond acceptors (Lipinski definition) is 6. The van der Waals surface area contributed by atoms with E-state index >= 15 is 4.39 Å². The van der Waals surface area contributed by atoms with Crippen molar-refractivity contribution in [1.82, 2.24) is 24.4 Å². The summed E-state index contributed by atoms with van der Waals surface area (Å²) in [6.45, 7) is 6.05. The number of carbonyl (C=O) groups is 1. The van der Waals surface area contributed by atoms with Gasteiger partial charge in [0, 0.05) is 49.5 Å². The van der Waals surface area contributed by atoms with Crippen molar-refractivity contribution >= 4 is 11.7 Å². The number of hydrogen-bond donors (Lipinski definition) is 1. The summed E-state index contributed by atoms with van der Waals surface area (Å²) in [5, 5.41) is 3.05. The molecule has 0 atom stereocenters. The van der Waals surface area contributed by atoms with Crippen LogP contribution in [0.25, 0.3) is 0 Å². The Balaban J connectivity index is 1.54. The van der Waals surface area contributed by atoms with Crippen molar-refractivity contribution in [2.45, 2.75) is 45.8 Å². The highest BCUT2D eigenvalue weighted by Crippen LogP contribution is 2.27. The highest BCUT2D eigenvalue weighted by Gasteiger charge is 2.36. The van der Waals surface area contributed by atoms with Gasteiger partial charge in [-0.1, -0.05) is 0 Å². The van der Waals surface area contributed by atoms with Crippen LogP contribution in [-0.2, 0) is 11.3 Å². The van der Waals surface area contributed by atoms with Gasteiger partial charge >= 0.3 is 0 Å². The summed E-state index contributed by atoms with van der Waals surface area (Å²) in [5.41, 5.74) is -0.247. The Labute approximate surface area is 162 Å². The largest absolute Gasteiger partial charge is 0.367 e. The summed E-state index contributed by atoms with van der Waals surface area (Å²) in [6.07, 6.45) is 1.83. The van der Waals surface area contributed by atoms with Crippen LogP contribution in [0.5, 0.6) is 0 Å². The number of amides is 1. The quantitative estimate of drug-likeness (QED) is 0.832. The first-order chi connectivity index (χ1) is 13.2. The van der Waals surface area contributed by atoms with Crippen molar-refractivity contribution in [3.63, 3.8) is 0 Å². The Hall–Kier alpha value is -2.84. The van der Waals surface area contributed by atoms with Crippen LogP contribution in [0.1, 0.15) is 30.1 Å². The zero-order chi connectivity index (χ0) is 20.3. The predicted octanol–water partition coefficient (Wildman–Crippen LogP) is 1.40. The molecule has 2 aromatic heterocycles. The van der Waals surface area contributed by atoms with Crippen molar-refractivity contribution < 1.29 is 9.18 Å². The lowest BCUT2D eigenvalue weighted by Gasteiger charge is -2.36. The van der Waals surface area contributed by atoms with Crippen molar-refractivity contribution in [2.24, 2.45) is 0 Å². The van der Waals surface area contributed by atoms with E-state index in [0.717, 1.165) is 5.69 Å². The summed E-state index contributed by atoms with van der Waals surface area (Å²) in [5.74, 6) is 1.04. The molecule has 0 unspecified atom stereocenters. The fourth-order valence-electron chi connectivity index (χ4n) is 3.27. The fraction of sp³-hybridized carbons (Fsp3) is 0.526. The third-order valence-corrected chi connectivity index (χ3v) is 4.89. The summed E-state index contributed by atoms with van der Waals surface area (Å²) in [6, 6.07) is 3.17. The molecule has 3 heterocycles. The van der Waals surface area contributed by atoms with Crippen molar-refractivity contribution in [3.05, 3.63) is 46.0 Å². The van der Waals surface area contributed by atoms with E-state index < -0.39 is 5.67 Å². The van der Waals surface area contributed by atoms with Crippen LogP contribution < -0.4 is 10.9 Å². The Morgan fingerprint density at radius 3 is 2.54 bits per heavy atom. The molecule has 28 heavy (non-hydrogen) atoms. The number of anilines is 1. The highest BCUT2D eigenvalue weighted by molar-refractivity contribution is 5.76. The maximum absolute atomic E-state index is 15.1. The van der Waals surface area contributed by atoms with Gasteiger partial charge in [-0.3, -0.25) is 14.2 Å². The number of halogens is 1. The summed E-state index contributed by atoms with van der Waals surface area (Å²) >= 11 is 0. The molecule has 9 heteroatoms. The number of aryl methyl sites for hydroxylation is 3. The van der Waals surface area contributed by atoms with E-state index in [1.165, 1.54) is 17.0 Å². The molecule has 0 aromatic carbocycles. The Morgan fingerprint density at radius 2 is 1.89 bits per heavy atom. The monoisotopic (exact) mass is 388 g/mol. The summed E-state index contributed by atoms with van der Waals surface area (Å²) in [4.78, 5) is 38.5. The van der Waals surface area contributed by atoms with Crippen LogP contribution in [-0.4, -0.2) is 55.6 Å². The first kappa shape index (κ1) is 19.9. The van der Waals surface area contributed by atoms with Gasteiger partial charge in [0.2, 0.25) is 5.91 Å².